The van der Waals surface area contributed by atoms with Gasteiger partial charge >= 0.3 is 6.18 Å². The molecule has 0 fully saturated rings. The van der Waals surface area contributed by atoms with E-state index in [4.69, 9.17) is 0 Å². The van der Waals surface area contributed by atoms with Gasteiger partial charge in [0.1, 0.15) is 0 Å². The Morgan fingerprint density at radius 2 is 1.97 bits per heavy atom. The lowest BCUT2D eigenvalue weighted by Crippen LogP contribution is -2.55. The first-order chi connectivity index (χ1) is 15.0. The second-order valence-electron chi connectivity index (χ2n) is 8.24. The van der Waals surface area contributed by atoms with Crippen LogP contribution >= 0.6 is 0 Å². The second kappa shape index (κ2) is 7.51. The van der Waals surface area contributed by atoms with Gasteiger partial charge in [-0.2, -0.15) is 13.2 Å². The normalized spacial score (nSPS) is 23.2. The number of nitrogens with one attached hydrogen (secondary N) is 2. The molecule has 0 bridgehead atoms. The summed E-state index contributed by atoms with van der Waals surface area (Å²) in [7, 11) is 0. The fraction of sp³-hybridized carbons (Fsp3) is 0.348. The summed E-state index contributed by atoms with van der Waals surface area (Å²) < 4.78 is 57.2. The van der Waals surface area contributed by atoms with Crippen LogP contribution in [0.25, 0.3) is 10.8 Å². The molecule has 0 spiro atoms. The van der Waals surface area contributed by atoms with E-state index in [9.17, 15) is 32.6 Å². The van der Waals surface area contributed by atoms with E-state index in [0.29, 0.717) is 5.39 Å². The van der Waals surface area contributed by atoms with E-state index in [1.165, 1.54) is 43.5 Å². The number of aryl methyl sites for hydroxylation is 1. The van der Waals surface area contributed by atoms with E-state index in [1.54, 1.807) is 6.92 Å². The number of aromatic amines is 1. The zero-order valence-corrected chi connectivity index (χ0v) is 17.3. The van der Waals surface area contributed by atoms with E-state index in [2.05, 4.69) is 10.3 Å². The summed E-state index contributed by atoms with van der Waals surface area (Å²) in [5, 5.41) is 24.9. The minimum atomic E-state index is -5.02. The van der Waals surface area contributed by atoms with Gasteiger partial charge in [-0.05, 0) is 55.0 Å². The molecule has 5 nitrogen and oxygen atoms in total. The van der Waals surface area contributed by atoms with Crippen LogP contribution in [0.1, 0.15) is 48.4 Å². The first kappa shape index (κ1) is 22.1. The van der Waals surface area contributed by atoms with Crippen molar-refractivity contribution in [1.82, 2.24) is 4.98 Å². The highest BCUT2D eigenvalue weighted by Crippen LogP contribution is 2.55. The number of aromatic nitrogens is 1. The summed E-state index contributed by atoms with van der Waals surface area (Å²) in [5.41, 5.74) is -3.42. The van der Waals surface area contributed by atoms with E-state index < -0.39 is 47.3 Å². The predicted molar refractivity (Wildman–Crippen MR) is 112 cm³/mol. The molecule has 1 aromatic heterocycles. The molecule has 0 aliphatic heterocycles. The number of halogens is 4. The molecule has 2 aromatic carbocycles. The lowest BCUT2D eigenvalue weighted by Gasteiger charge is -2.46. The third-order valence-corrected chi connectivity index (χ3v) is 6.35. The van der Waals surface area contributed by atoms with Gasteiger partial charge in [0.05, 0.1) is 6.04 Å². The molecule has 1 aliphatic carbocycles. The van der Waals surface area contributed by atoms with Crippen LogP contribution in [0.4, 0.5) is 23.2 Å². The minimum Gasteiger partial charge on any atom is -0.505 e. The number of fused-ring (bicyclic) bond motifs is 2. The number of H-pyrrole nitrogens is 1. The van der Waals surface area contributed by atoms with E-state index in [0.717, 1.165) is 0 Å². The zero-order chi connectivity index (χ0) is 23.4. The summed E-state index contributed by atoms with van der Waals surface area (Å²) in [6, 6.07) is 5.58. The molecule has 4 rings (SSSR count). The number of aliphatic hydroxyl groups is 1. The number of rotatable bonds is 3. The number of aromatic hydroxyl groups is 1. The summed E-state index contributed by atoms with van der Waals surface area (Å²) >= 11 is 0. The monoisotopic (exact) mass is 450 g/mol. The van der Waals surface area contributed by atoms with Crippen LogP contribution in [0.5, 0.6) is 5.75 Å². The Bertz CT molecular complexity index is 1250. The van der Waals surface area contributed by atoms with Crippen LogP contribution in [0.2, 0.25) is 0 Å². The fourth-order valence-corrected chi connectivity index (χ4v) is 4.66. The van der Waals surface area contributed by atoms with Crippen molar-refractivity contribution >= 4 is 16.5 Å². The molecule has 3 aromatic rings. The first-order valence-corrected chi connectivity index (χ1v) is 10.2. The van der Waals surface area contributed by atoms with Crippen molar-refractivity contribution in [3.05, 3.63) is 69.4 Å². The standard InChI is InChI=1S/C23H22F4N2O3/c1-3-12-10-22(32,23(25,26)27)20(15-9-11(2)18(24)19(30)17(12)15)29-16-6-4-5-14-13(16)7-8-28-21(14)31/h4-9,12,20,29-30,32H,3,10H2,1-2H3,(H,28,31)/t12-,20-,22+/m0/s1. The number of hydrogen-bond donors (Lipinski definition) is 4. The average molecular weight is 450 g/mol. The third-order valence-electron chi connectivity index (χ3n) is 6.35. The maximum Gasteiger partial charge on any atom is 0.419 e. The highest BCUT2D eigenvalue weighted by molar-refractivity contribution is 5.93. The lowest BCUT2D eigenvalue weighted by atomic mass is 9.68. The number of benzene rings is 2. The van der Waals surface area contributed by atoms with Crippen LogP contribution in [0.3, 0.4) is 0 Å². The Morgan fingerprint density at radius 3 is 2.62 bits per heavy atom. The van der Waals surface area contributed by atoms with Crippen molar-refractivity contribution in [3.8, 4) is 5.75 Å². The van der Waals surface area contributed by atoms with Gasteiger partial charge in [0, 0.05) is 28.2 Å². The molecule has 0 saturated carbocycles. The Hall–Kier alpha value is -3.07. The van der Waals surface area contributed by atoms with Crippen molar-refractivity contribution in [2.24, 2.45) is 0 Å². The molecule has 170 valence electrons. The van der Waals surface area contributed by atoms with Crippen LogP contribution in [-0.4, -0.2) is 27.0 Å². The van der Waals surface area contributed by atoms with Crippen molar-refractivity contribution in [2.45, 2.75) is 50.4 Å². The third kappa shape index (κ3) is 3.23. The quantitative estimate of drug-likeness (QED) is 0.422. The van der Waals surface area contributed by atoms with Crippen molar-refractivity contribution in [1.29, 1.82) is 0 Å². The molecule has 0 amide bonds. The van der Waals surface area contributed by atoms with Crippen LogP contribution in [0, 0.1) is 12.7 Å². The molecule has 0 radical (unpaired) electrons. The molecule has 4 N–H and O–H groups in total. The van der Waals surface area contributed by atoms with Crippen molar-refractivity contribution in [2.75, 3.05) is 5.32 Å². The second-order valence-corrected chi connectivity index (χ2v) is 8.24. The highest BCUT2D eigenvalue weighted by atomic mass is 19.4. The van der Waals surface area contributed by atoms with Gasteiger partial charge in [-0.3, -0.25) is 4.79 Å². The Kier molecular flexibility index (Phi) is 5.20. The largest absolute Gasteiger partial charge is 0.505 e. The van der Waals surface area contributed by atoms with Gasteiger partial charge in [0.25, 0.3) is 5.56 Å². The number of hydrogen-bond acceptors (Lipinski definition) is 4. The molecule has 9 heteroatoms. The number of alkyl halides is 3. The SMILES string of the molecule is CC[C@H]1C[C@](O)(C(F)(F)F)[C@@H](Nc2cccc3c(=O)[nH]ccc23)c2cc(C)c(F)c(O)c21. The van der Waals surface area contributed by atoms with Gasteiger partial charge < -0.3 is 20.5 Å². The Labute approximate surface area is 180 Å². The molecule has 1 aliphatic rings. The summed E-state index contributed by atoms with van der Waals surface area (Å²) in [4.78, 5) is 14.6. The number of anilines is 1. The maximum atomic E-state index is 14.5. The molecule has 32 heavy (non-hydrogen) atoms. The van der Waals surface area contributed by atoms with E-state index >= 15 is 0 Å². The van der Waals surface area contributed by atoms with Gasteiger partial charge in [0.15, 0.2) is 17.2 Å². The lowest BCUT2D eigenvalue weighted by molar-refractivity contribution is -0.272. The molecule has 3 atom stereocenters. The number of phenols is 1. The van der Waals surface area contributed by atoms with Crippen LogP contribution < -0.4 is 10.9 Å². The van der Waals surface area contributed by atoms with Gasteiger partial charge in [0.2, 0.25) is 0 Å². The average Bonchev–Trinajstić information content (AvgIpc) is 2.73. The zero-order valence-electron chi connectivity index (χ0n) is 17.3. The van der Waals surface area contributed by atoms with Crippen molar-refractivity contribution in [3.63, 3.8) is 0 Å². The smallest absolute Gasteiger partial charge is 0.419 e. The highest BCUT2D eigenvalue weighted by Gasteiger charge is 2.62. The maximum absolute atomic E-state index is 14.5. The fourth-order valence-electron chi connectivity index (χ4n) is 4.66. The number of phenolic OH excluding ortho intramolecular Hbond substituents is 1. The van der Waals surface area contributed by atoms with Crippen molar-refractivity contribution < 1.29 is 27.8 Å². The van der Waals surface area contributed by atoms with Crippen LogP contribution in [-0.2, 0) is 0 Å². The summed E-state index contributed by atoms with van der Waals surface area (Å²) in [6.07, 6.45) is -4.23. The summed E-state index contributed by atoms with van der Waals surface area (Å²) in [6.45, 7) is 2.96. The molecule has 1 heterocycles. The van der Waals surface area contributed by atoms with E-state index in [-0.39, 0.29) is 34.2 Å². The Balaban J connectivity index is 1.98. The minimum absolute atomic E-state index is 0.0267. The Morgan fingerprint density at radius 1 is 1.25 bits per heavy atom. The van der Waals surface area contributed by atoms with Crippen LogP contribution in [0.15, 0.2) is 41.3 Å². The van der Waals surface area contributed by atoms with Gasteiger partial charge in [-0.1, -0.05) is 19.1 Å². The first-order valence-electron chi connectivity index (χ1n) is 10.2. The summed E-state index contributed by atoms with van der Waals surface area (Å²) in [5.74, 6) is -2.49. The topological polar surface area (TPSA) is 85.4 Å². The number of pyridine rings is 1. The molecular weight excluding hydrogens is 428 g/mol. The van der Waals surface area contributed by atoms with Gasteiger partial charge in [-0.25, -0.2) is 4.39 Å². The van der Waals surface area contributed by atoms with Gasteiger partial charge in [-0.15, -0.1) is 0 Å². The predicted octanol–water partition coefficient (Wildman–Crippen LogP) is 5.03. The molecular formula is C23H22F4N2O3. The molecule has 0 saturated heterocycles. The van der Waals surface area contributed by atoms with E-state index in [1.807, 2.05) is 0 Å². The molecule has 0 unspecified atom stereocenters.